The molecule has 1 aromatic rings. The van der Waals surface area contributed by atoms with Gasteiger partial charge in [0, 0.05) is 13.6 Å². The zero-order valence-corrected chi connectivity index (χ0v) is 11.5. The molecule has 0 saturated carbocycles. The lowest BCUT2D eigenvalue weighted by Gasteiger charge is -2.14. The lowest BCUT2D eigenvalue weighted by atomic mass is 10.2. The fourth-order valence-electron chi connectivity index (χ4n) is 2.12. The van der Waals surface area contributed by atoms with Crippen molar-refractivity contribution in [2.75, 3.05) is 33.7 Å². The maximum absolute atomic E-state index is 12.1. The summed E-state index contributed by atoms with van der Waals surface area (Å²) in [6.45, 7) is 2.51. The van der Waals surface area contributed by atoms with Gasteiger partial charge in [-0.05, 0) is 39.4 Å². The summed E-state index contributed by atoms with van der Waals surface area (Å²) in [5, 5.41) is 10.1. The Hall–Kier alpha value is -1.47. The summed E-state index contributed by atoms with van der Waals surface area (Å²) in [4.78, 5) is 17.9. The van der Waals surface area contributed by atoms with Gasteiger partial charge in [0.25, 0.3) is 11.7 Å². The van der Waals surface area contributed by atoms with E-state index in [0.717, 1.165) is 32.4 Å². The van der Waals surface area contributed by atoms with Crippen LogP contribution in [0.5, 0.6) is 0 Å². The molecule has 2 N–H and O–H groups in total. The second kappa shape index (κ2) is 6.63. The van der Waals surface area contributed by atoms with E-state index in [9.17, 15) is 4.79 Å². The van der Waals surface area contributed by atoms with Gasteiger partial charge in [-0.25, -0.2) is 0 Å². The molecule has 1 aromatic heterocycles. The molecule has 2 heterocycles. The van der Waals surface area contributed by atoms with Gasteiger partial charge >= 0.3 is 0 Å². The smallest absolute Gasteiger partial charge is 0.295 e. The Kier molecular flexibility index (Phi) is 4.86. The minimum absolute atomic E-state index is 0.101. The average molecular weight is 267 g/mol. The van der Waals surface area contributed by atoms with Crippen LogP contribution in [0.4, 0.5) is 0 Å². The lowest BCUT2D eigenvalue weighted by molar-refractivity contribution is 0.0778. The third-order valence-electron chi connectivity index (χ3n) is 3.26. The fourth-order valence-corrected chi connectivity index (χ4v) is 2.12. The van der Waals surface area contributed by atoms with Crippen LogP contribution >= 0.6 is 0 Å². The maximum Gasteiger partial charge on any atom is 0.295 e. The van der Waals surface area contributed by atoms with Gasteiger partial charge in [-0.15, -0.1) is 0 Å². The molecular weight excluding hydrogens is 246 g/mol. The minimum atomic E-state index is -0.191. The Morgan fingerprint density at radius 1 is 1.63 bits per heavy atom. The molecule has 2 rings (SSSR count). The molecule has 0 aromatic carbocycles. The Morgan fingerprint density at radius 3 is 3.16 bits per heavy atom. The summed E-state index contributed by atoms with van der Waals surface area (Å²) in [7, 11) is 3.64. The molecule has 1 saturated heterocycles. The van der Waals surface area contributed by atoms with Crippen LogP contribution in [0, 0.1) is 0 Å². The van der Waals surface area contributed by atoms with Gasteiger partial charge in [0.1, 0.15) is 0 Å². The third kappa shape index (κ3) is 3.51. The quantitative estimate of drug-likeness (QED) is 0.715. The van der Waals surface area contributed by atoms with E-state index in [4.69, 9.17) is 4.52 Å². The monoisotopic (exact) mass is 267 g/mol. The van der Waals surface area contributed by atoms with Crippen LogP contribution < -0.4 is 10.6 Å². The summed E-state index contributed by atoms with van der Waals surface area (Å²) in [5.41, 5.74) is 0. The van der Waals surface area contributed by atoms with Gasteiger partial charge in [0.05, 0.1) is 6.04 Å². The first kappa shape index (κ1) is 14.0. The summed E-state index contributed by atoms with van der Waals surface area (Å²) in [5.74, 6) is 0.476. The fraction of sp³-hybridized carbons (Fsp3) is 0.750. The van der Waals surface area contributed by atoms with E-state index in [2.05, 4.69) is 20.8 Å². The van der Waals surface area contributed by atoms with Crippen molar-refractivity contribution in [1.29, 1.82) is 0 Å². The summed E-state index contributed by atoms with van der Waals surface area (Å²) in [6, 6.07) is 0.101. The number of aromatic nitrogens is 2. The average Bonchev–Trinajstić information content (AvgIpc) is 3.08. The van der Waals surface area contributed by atoms with Crippen LogP contribution in [0.1, 0.15) is 41.8 Å². The van der Waals surface area contributed by atoms with Crippen molar-refractivity contribution < 1.29 is 9.32 Å². The van der Waals surface area contributed by atoms with Gasteiger partial charge < -0.3 is 20.1 Å². The number of nitrogens with one attached hydrogen (secondary N) is 2. The Balaban J connectivity index is 1.91. The molecule has 0 spiro atoms. The highest BCUT2D eigenvalue weighted by Gasteiger charge is 2.25. The van der Waals surface area contributed by atoms with Crippen molar-refractivity contribution in [1.82, 2.24) is 25.7 Å². The van der Waals surface area contributed by atoms with Gasteiger partial charge in [0.15, 0.2) is 0 Å². The number of rotatable bonds is 6. The van der Waals surface area contributed by atoms with E-state index in [1.54, 1.807) is 11.9 Å². The number of amides is 1. The Bertz CT molecular complexity index is 414. The third-order valence-corrected chi connectivity index (χ3v) is 3.26. The molecule has 1 unspecified atom stereocenters. The highest BCUT2D eigenvalue weighted by atomic mass is 16.5. The summed E-state index contributed by atoms with van der Waals surface area (Å²) in [6.07, 6.45) is 2.97. The van der Waals surface area contributed by atoms with E-state index < -0.39 is 0 Å². The summed E-state index contributed by atoms with van der Waals surface area (Å²) < 4.78 is 5.16. The van der Waals surface area contributed by atoms with Crippen molar-refractivity contribution in [2.24, 2.45) is 0 Å². The maximum atomic E-state index is 12.1. The number of hydrogen-bond donors (Lipinski definition) is 2. The van der Waals surface area contributed by atoms with E-state index in [0.29, 0.717) is 12.4 Å². The summed E-state index contributed by atoms with van der Waals surface area (Å²) >= 11 is 0. The molecule has 0 bridgehead atoms. The molecule has 106 valence electrons. The van der Waals surface area contributed by atoms with Gasteiger partial charge in [-0.2, -0.15) is 4.98 Å². The molecule has 1 amide bonds. The Labute approximate surface area is 112 Å². The van der Waals surface area contributed by atoms with Gasteiger partial charge in [0.2, 0.25) is 5.89 Å². The number of nitrogens with zero attached hydrogens (tertiary/aromatic N) is 3. The SMILES string of the molecule is CNCCCN(C)C(=O)c1noc(C2CCCN2)n1. The Morgan fingerprint density at radius 2 is 2.47 bits per heavy atom. The largest absolute Gasteiger partial charge is 0.339 e. The van der Waals surface area contributed by atoms with Gasteiger partial charge in [-0.3, -0.25) is 4.79 Å². The predicted molar refractivity (Wildman–Crippen MR) is 69.8 cm³/mol. The molecule has 19 heavy (non-hydrogen) atoms. The molecule has 0 radical (unpaired) electrons. The van der Waals surface area contributed by atoms with Crippen LogP contribution in [0.3, 0.4) is 0 Å². The normalized spacial score (nSPS) is 18.7. The zero-order valence-electron chi connectivity index (χ0n) is 11.5. The van der Waals surface area contributed by atoms with Crippen molar-refractivity contribution in [3.8, 4) is 0 Å². The van der Waals surface area contributed by atoms with E-state index >= 15 is 0 Å². The number of carbonyl (C=O) groups is 1. The second-order valence-electron chi connectivity index (χ2n) is 4.79. The standard InChI is InChI=1S/C12H21N5O2/c1-13-6-4-8-17(2)12(18)10-15-11(19-16-10)9-5-3-7-14-9/h9,13-14H,3-8H2,1-2H3. The second-order valence-corrected chi connectivity index (χ2v) is 4.79. The van der Waals surface area contributed by atoms with Gasteiger partial charge in [-0.1, -0.05) is 5.16 Å². The zero-order chi connectivity index (χ0) is 13.7. The predicted octanol–water partition coefficient (Wildman–Crippen LogP) is 0.176. The number of carbonyl (C=O) groups excluding carboxylic acids is 1. The van der Waals surface area contributed by atoms with Crippen LogP contribution in [0.2, 0.25) is 0 Å². The minimum Gasteiger partial charge on any atom is -0.339 e. The first-order valence-corrected chi connectivity index (χ1v) is 6.69. The first-order valence-electron chi connectivity index (χ1n) is 6.69. The van der Waals surface area contributed by atoms with Crippen molar-refractivity contribution >= 4 is 5.91 Å². The van der Waals surface area contributed by atoms with E-state index in [-0.39, 0.29) is 17.8 Å². The van der Waals surface area contributed by atoms with Crippen LogP contribution in [-0.2, 0) is 0 Å². The first-order chi connectivity index (χ1) is 9.22. The lowest BCUT2D eigenvalue weighted by Crippen LogP contribution is -2.30. The highest BCUT2D eigenvalue weighted by molar-refractivity contribution is 5.90. The molecule has 1 aliphatic rings. The van der Waals surface area contributed by atoms with Crippen LogP contribution in [0.15, 0.2) is 4.52 Å². The molecule has 7 heteroatoms. The van der Waals surface area contributed by atoms with Crippen LogP contribution in [0.25, 0.3) is 0 Å². The molecule has 1 aliphatic heterocycles. The van der Waals surface area contributed by atoms with E-state index in [1.165, 1.54) is 0 Å². The molecule has 0 aliphatic carbocycles. The van der Waals surface area contributed by atoms with Crippen molar-refractivity contribution in [2.45, 2.75) is 25.3 Å². The van der Waals surface area contributed by atoms with Crippen molar-refractivity contribution in [3.63, 3.8) is 0 Å². The number of hydrogen-bond acceptors (Lipinski definition) is 6. The van der Waals surface area contributed by atoms with Crippen LogP contribution in [-0.4, -0.2) is 54.7 Å². The van der Waals surface area contributed by atoms with E-state index in [1.807, 2.05) is 7.05 Å². The van der Waals surface area contributed by atoms with Crippen molar-refractivity contribution in [3.05, 3.63) is 11.7 Å². The highest BCUT2D eigenvalue weighted by Crippen LogP contribution is 2.21. The molecule has 1 atom stereocenters. The molecule has 1 fully saturated rings. The molecular formula is C12H21N5O2. The topological polar surface area (TPSA) is 83.3 Å². The molecule has 7 nitrogen and oxygen atoms in total.